The van der Waals surface area contributed by atoms with Crippen molar-refractivity contribution in [1.29, 1.82) is 0 Å². The van der Waals surface area contributed by atoms with E-state index in [2.05, 4.69) is 50.9 Å². The summed E-state index contributed by atoms with van der Waals surface area (Å²) in [6, 6.07) is 0. The second kappa shape index (κ2) is 8.46. The predicted octanol–water partition coefficient (Wildman–Crippen LogP) is 4.41. The largest absolute Gasteiger partial charge is 0.288 e. The molecular formula is C14H25N. The van der Waals surface area contributed by atoms with Crippen LogP contribution in [0.25, 0.3) is 0 Å². The van der Waals surface area contributed by atoms with Gasteiger partial charge >= 0.3 is 0 Å². The van der Waals surface area contributed by atoms with Crippen LogP contribution in [0.5, 0.6) is 0 Å². The summed E-state index contributed by atoms with van der Waals surface area (Å²) in [5, 5.41) is 0. The Balaban J connectivity index is 4.53. The summed E-state index contributed by atoms with van der Waals surface area (Å²) in [5.41, 5.74) is 2.39. The smallest absolute Gasteiger partial charge is 0.0593 e. The first-order chi connectivity index (χ1) is 7.19. The Hall–Kier alpha value is -0.850. The average Bonchev–Trinajstić information content (AvgIpc) is 2.25. The lowest BCUT2D eigenvalue weighted by molar-refractivity contribution is 0.606. The number of rotatable bonds is 6. The Labute approximate surface area is 95.0 Å². The fourth-order valence-electron chi connectivity index (χ4n) is 1.58. The quantitative estimate of drug-likeness (QED) is 0.572. The lowest BCUT2D eigenvalue weighted by atomic mass is 10.0. The molecule has 86 valence electrons. The highest BCUT2D eigenvalue weighted by molar-refractivity contribution is 6.07. The Morgan fingerprint density at radius 3 is 2.20 bits per heavy atom. The molecule has 1 nitrogen and oxygen atoms in total. The molecule has 0 radical (unpaired) electrons. The molecule has 1 heteroatoms. The molecule has 0 bridgehead atoms. The Kier molecular flexibility index (Phi) is 7.98. The second-order valence-corrected chi connectivity index (χ2v) is 3.84. The minimum Gasteiger partial charge on any atom is -0.288 e. The molecule has 0 N–H and O–H groups in total. The van der Waals surface area contributed by atoms with Crippen LogP contribution in [-0.4, -0.2) is 12.8 Å². The van der Waals surface area contributed by atoms with E-state index in [0.29, 0.717) is 5.92 Å². The number of allylic oxidation sites excluding steroid dienone is 4. The first-order valence-electron chi connectivity index (χ1n) is 6.01. The van der Waals surface area contributed by atoms with E-state index in [1.54, 1.807) is 0 Å². The molecule has 0 spiro atoms. The normalized spacial score (nSPS) is 14.3. The van der Waals surface area contributed by atoms with Gasteiger partial charge in [-0.25, -0.2) is 0 Å². The van der Waals surface area contributed by atoms with Crippen molar-refractivity contribution in [1.82, 2.24) is 0 Å². The summed E-state index contributed by atoms with van der Waals surface area (Å²) in [5.74, 6) is 0.691. The number of aliphatic imine (C=N–C) groups is 1. The molecule has 0 unspecified atom stereocenters. The van der Waals surface area contributed by atoms with Crippen molar-refractivity contribution in [2.45, 2.75) is 47.0 Å². The molecule has 0 saturated heterocycles. The van der Waals surface area contributed by atoms with E-state index in [1.807, 2.05) is 7.05 Å². The van der Waals surface area contributed by atoms with Crippen molar-refractivity contribution in [3.05, 3.63) is 23.8 Å². The summed E-state index contributed by atoms with van der Waals surface area (Å²) >= 11 is 0. The molecule has 0 aliphatic carbocycles. The van der Waals surface area contributed by atoms with Gasteiger partial charge in [0.2, 0.25) is 0 Å². The maximum atomic E-state index is 4.31. The Bertz CT molecular complexity index is 242. The van der Waals surface area contributed by atoms with Gasteiger partial charge in [0.15, 0.2) is 0 Å². The van der Waals surface area contributed by atoms with Crippen LogP contribution in [0.4, 0.5) is 0 Å². The predicted molar refractivity (Wildman–Crippen MR) is 70.6 cm³/mol. The highest BCUT2D eigenvalue weighted by Gasteiger charge is 1.99. The van der Waals surface area contributed by atoms with Gasteiger partial charge in [0.05, 0.1) is 5.71 Å². The first-order valence-corrected chi connectivity index (χ1v) is 6.01. The van der Waals surface area contributed by atoms with Gasteiger partial charge in [-0.2, -0.15) is 0 Å². The van der Waals surface area contributed by atoms with E-state index in [9.17, 15) is 0 Å². The summed E-state index contributed by atoms with van der Waals surface area (Å²) in [4.78, 5) is 4.31. The zero-order valence-corrected chi connectivity index (χ0v) is 10.9. The highest BCUT2D eigenvalue weighted by Crippen LogP contribution is 2.10. The zero-order valence-electron chi connectivity index (χ0n) is 10.9. The molecule has 0 heterocycles. The van der Waals surface area contributed by atoms with Gasteiger partial charge in [-0.05, 0) is 43.8 Å². The van der Waals surface area contributed by atoms with Crippen LogP contribution in [0.2, 0.25) is 0 Å². The summed E-state index contributed by atoms with van der Waals surface area (Å²) < 4.78 is 0. The third-order valence-corrected chi connectivity index (χ3v) is 2.73. The van der Waals surface area contributed by atoms with Crippen molar-refractivity contribution in [2.75, 3.05) is 7.05 Å². The maximum Gasteiger partial charge on any atom is 0.0593 e. The topological polar surface area (TPSA) is 12.4 Å². The van der Waals surface area contributed by atoms with Gasteiger partial charge in [0.25, 0.3) is 0 Å². The van der Waals surface area contributed by atoms with Crippen molar-refractivity contribution in [3.63, 3.8) is 0 Å². The van der Waals surface area contributed by atoms with Crippen molar-refractivity contribution in [3.8, 4) is 0 Å². The van der Waals surface area contributed by atoms with Crippen LogP contribution in [-0.2, 0) is 0 Å². The van der Waals surface area contributed by atoms with Gasteiger partial charge in [0.1, 0.15) is 0 Å². The van der Waals surface area contributed by atoms with E-state index in [0.717, 1.165) is 12.1 Å². The lowest BCUT2D eigenvalue weighted by Gasteiger charge is -2.06. The molecule has 0 aromatic rings. The van der Waals surface area contributed by atoms with Gasteiger partial charge in [-0.3, -0.25) is 4.99 Å². The van der Waals surface area contributed by atoms with Crippen LogP contribution in [0.15, 0.2) is 28.8 Å². The van der Waals surface area contributed by atoms with Crippen molar-refractivity contribution >= 4 is 5.71 Å². The van der Waals surface area contributed by atoms with Crippen molar-refractivity contribution < 1.29 is 0 Å². The maximum absolute atomic E-state index is 4.31. The number of hydrogen-bond acceptors (Lipinski definition) is 1. The lowest BCUT2D eigenvalue weighted by Crippen LogP contribution is -1.98. The van der Waals surface area contributed by atoms with Crippen LogP contribution in [0.1, 0.15) is 47.0 Å². The molecule has 0 fully saturated rings. The second-order valence-electron chi connectivity index (χ2n) is 3.84. The minimum atomic E-state index is 0.691. The Morgan fingerprint density at radius 2 is 1.80 bits per heavy atom. The van der Waals surface area contributed by atoms with E-state index >= 15 is 0 Å². The third kappa shape index (κ3) is 5.56. The standard InChI is InChI=1S/C14H25N/c1-6-9-12(4)14(15-5)11-10-13(7-2)8-3/h9-11,13H,6-8H2,1-5H3/b11-10-,12-9-,15-14?. The fraction of sp³-hybridized carbons (Fsp3) is 0.643. The molecule has 0 aromatic heterocycles. The van der Waals surface area contributed by atoms with Crippen LogP contribution >= 0.6 is 0 Å². The molecule has 0 saturated carbocycles. The fourth-order valence-corrected chi connectivity index (χ4v) is 1.58. The van der Waals surface area contributed by atoms with E-state index in [4.69, 9.17) is 0 Å². The molecule has 0 aliphatic rings. The summed E-state index contributed by atoms with van der Waals surface area (Å²) in [7, 11) is 1.86. The van der Waals surface area contributed by atoms with Gasteiger partial charge in [-0.15, -0.1) is 0 Å². The monoisotopic (exact) mass is 207 g/mol. The number of hydrogen-bond donors (Lipinski definition) is 0. The molecule has 0 aromatic carbocycles. The van der Waals surface area contributed by atoms with Crippen LogP contribution in [0, 0.1) is 5.92 Å². The molecule has 15 heavy (non-hydrogen) atoms. The van der Waals surface area contributed by atoms with Crippen molar-refractivity contribution in [2.24, 2.45) is 10.9 Å². The molecule has 0 amide bonds. The van der Waals surface area contributed by atoms with Crippen LogP contribution < -0.4 is 0 Å². The van der Waals surface area contributed by atoms with E-state index < -0.39 is 0 Å². The first kappa shape index (κ1) is 14.2. The SMILES string of the molecule is CC/C=C(/C)C(/C=C\C(CC)CC)=NC. The number of nitrogens with zero attached hydrogens (tertiary/aromatic N) is 1. The average molecular weight is 207 g/mol. The molecular weight excluding hydrogens is 182 g/mol. The molecule has 0 aliphatic heterocycles. The third-order valence-electron chi connectivity index (χ3n) is 2.73. The van der Waals surface area contributed by atoms with E-state index in [1.165, 1.54) is 18.4 Å². The van der Waals surface area contributed by atoms with E-state index in [-0.39, 0.29) is 0 Å². The molecule has 0 atom stereocenters. The van der Waals surface area contributed by atoms with Crippen LogP contribution in [0.3, 0.4) is 0 Å². The minimum absolute atomic E-state index is 0.691. The van der Waals surface area contributed by atoms with Gasteiger partial charge < -0.3 is 0 Å². The highest BCUT2D eigenvalue weighted by atomic mass is 14.7. The summed E-state index contributed by atoms with van der Waals surface area (Å²) in [6.07, 6.45) is 10.2. The molecule has 0 rings (SSSR count). The Morgan fingerprint density at radius 1 is 1.20 bits per heavy atom. The van der Waals surface area contributed by atoms with Gasteiger partial charge in [0, 0.05) is 7.05 Å². The zero-order chi connectivity index (χ0) is 11.7. The summed E-state index contributed by atoms with van der Waals surface area (Å²) in [6.45, 7) is 8.75. The van der Waals surface area contributed by atoms with Gasteiger partial charge in [-0.1, -0.05) is 32.9 Å².